The molecule has 0 unspecified atom stereocenters. The lowest BCUT2D eigenvalue weighted by Gasteiger charge is -2.18. The summed E-state index contributed by atoms with van der Waals surface area (Å²) in [5.74, 6) is 0.640. The molecule has 2 aromatic carbocycles. The minimum Gasteiger partial charge on any atom is -0.493 e. The Morgan fingerprint density at radius 1 is 1.08 bits per heavy atom. The first-order valence-corrected chi connectivity index (χ1v) is 7.54. The van der Waals surface area contributed by atoms with Crippen LogP contribution in [0.25, 0.3) is 10.9 Å². The number of nitrogens with one attached hydrogen (secondary N) is 1. The van der Waals surface area contributed by atoms with Crippen molar-refractivity contribution >= 4 is 10.9 Å². The van der Waals surface area contributed by atoms with E-state index in [1.54, 1.807) is 20.3 Å². The van der Waals surface area contributed by atoms with Gasteiger partial charge in [-0.1, -0.05) is 30.3 Å². The highest BCUT2D eigenvalue weighted by Crippen LogP contribution is 2.40. The first kappa shape index (κ1) is 15.9. The monoisotopic (exact) mass is 326 g/mol. The van der Waals surface area contributed by atoms with Crippen LogP contribution >= 0.6 is 0 Å². The number of nitro groups is 1. The van der Waals surface area contributed by atoms with E-state index in [1.807, 2.05) is 42.6 Å². The zero-order chi connectivity index (χ0) is 17.1. The zero-order valence-corrected chi connectivity index (χ0v) is 13.5. The van der Waals surface area contributed by atoms with Crippen molar-refractivity contribution in [3.05, 3.63) is 69.9 Å². The molecule has 3 aromatic rings. The summed E-state index contributed by atoms with van der Waals surface area (Å²) in [6, 6.07) is 13.2. The molecule has 124 valence electrons. The van der Waals surface area contributed by atoms with E-state index in [2.05, 4.69) is 4.98 Å². The van der Waals surface area contributed by atoms with Crippen molar-refractivity contribution < 1.29 is 14.4 Å². The number of benzene rings is 2. The fourth-order valence-corrected chi connectivity index (χ4v) is 3.08. The van der Waals surface area contributed by atoms with Crippen molar-refractivity contribution in [1.82, 2.24) is 4.98 Å². The molecule has 0 saturated heterocycles. The number of hydrogen-bond donors (Lipinski definition) is 1. The summed E-state index contributed by atoms with van der Waals surface area (Å²) in [5.41, 5.74) is 2.55. The third-order valence-corrected chi connectivity index (χ3v) is 4.14. The Morgan fingerprint density at radius 3 is 2.58 bits per heavy atom. The van der Waals surface area contributed by atoms with E-state index >= 15 is 0 Å². The molecule has 0 aliphatic carbocycles. The van der Waals surface area contributed by atoms with Gasteiger partial charge >= 0.3 is 0 Å². The Labute approximate surface area is 139 Å². The van der Waals surface area contributed by atoms with Gasteiger partial charge in [0, 0.05) is 27.6 Å². The van der Waals surface area contributed by atoms with Crippen LogP contribution in [-0.4, -0.2) is 30.7 Å². The van der Waals surface area contributed by atoms with Crippen LogP contribution in [0.1, 0.15) is 17.0 Å². The highest BCUT2D eigenvalue weighted by atomic mass is 16.6. The average Bonchev–Trinajstić information content (AvgIpc) is 3.02. The van der Waals surface area contributed by atoms with Gasteiger partial charge in [0.05, 0.1) is 20.1 Å². The number of rotatable bonds is 6. The minimum atomic E-state index is -0.443. The Kier molecular flexibility index (Phi) is 4.37. The molecular weight excluding hydrogens is 308 g/mol. The molecule has 6 nitrogen and oxygen atoms in total. The quantitative estimate of drug-likeness (QED) is 0.554. The fraction of sp³-hybridized carbons (Fsp3) is 0.222. The molecule has 0 aliphatic rings. The van der Waals surface area contributed by atoms with Crippen LogP contribution < -0.4 is 9.47 Å². The van der Waals surface area contributed by atoms with E-state index in [0.29, 0.717) is 11.5 Å². The van der Waals surface area contributed by atoms with Crippen LogP contribution in [0, 0.1) is 10.1 Å². The molecule has 0 amide bonds. The number of nitrogens with zero attached hydrogens (tertiary/aromatic N) is 1. The van der Waals surface area contributed by atoms with Gasteiger partial charge in [0.1, 0.15) is 0 Å². The summed E-state index contributed by atoms with van der Waals surface area (Å²) in [7, 11) is 3.09. The fourth-order valence-electron chi connectivity index (χ4n) is 3.08. The van der Waals surface area contributed by atoms with Crippen LogP contribution in [-0.2, 0) is 0 Å². The summed E-state index contributed by atoms with van der Waals surface area (Å²) in [6.45, 7) is -0.231. The molecular formula is C18H18N2O4. The summed E-state index contributed by atoms with van der Waals surface area (Å²) >= 11 is 0. The van der Waals surface area contributed by atoms with E-state index in [1.165, 1.54) is 0 Å². The van der Waals surface area contributed by atoms with Crippen molar-refractivity contribution in [2.75, 3.05) is 20.8 Å². The predicted molar refractivity (Wildman–Crippen MR) is 91.5 cm³/mol. The van der Waals surface area contributed by atoms with E-state index in [-0.39, 0.29) is 11.5 Å². The van der Waals surface area contributed by atoms with Gasteiger partial charge in [-0.25, -0.2) is 0 Å². The minimum absolute atomic E-state index is 0.231. The second kappa shape index (κ2) is 6.62. The molecule has 3 rings (SSSR count). The zero-order valence-electron chi connectivity index (χ0n) is 13.5. The van der Waals surface area contributed by atoms with Gasteiger partial charge in [0.2, 0.25) is 6.54 Å². The van der Waals surface area contributed by atoms with Crippen LogP contribution in [0.2, 0.25) is 0 Å². The number of ether oxygens (including phenoxy) is 2. The smallest absolute Gasteiger partial charge is 0.214 e. The average molecular weight is 326 g/mol. The van der Waals surface area contributed by atoms with E-state index < -0.39 is 5.92 Å². The second-order valence-electron chi connectivity index (χ2n) is 5.44. The number of hydrogen-bond acceptors (Lipinski definition) is 4. The lowest BCUT2D eigenvalue weighted by atomic mass is 9.90. The standard InChI is InChI=1S/C18H18N2O4/c1-23-17-9-5-7-13(18(17)24-2)15(11-20(21)22)14-10-19-16-8-4-3-6-12(14)16/h3-10,15,19H,11H2,1-2H3/t15-/m1/s1. The van der Waals surface area contributed by atoms with Crippen LogP contribution in [0.4, 0.5) is 0 Å². The molecule has 0 saturated carbocycles. The van der Waals surface area contributed by atoms with Gasteiger partial charge in [-0.05, 0) is 17.7 Å². The highest BCUT2D eigenvalue weighted by molar-refractivity contribution is 5.84. The summed E-state index contributed by atoms with van der Waals surface area (Å²) < 4.78 is 10.8. The van der Waals surface area contributed by atoms with Crippen molar-refractivity contribution in [1.29, 1.82) is 0 Å². The molecule has 0 fully saturated rings. The van der Waals surface area contributed by atoms with Gasteiger partial charge in [0.25, 0.3) is 0 Å². The van der Waals surface area contributed by atoms with Gasteiger partial charge in [-0.2, -0.15) is 0 Å². The largest absolute Gasteiger partial charge is 0.493 e. The topological polar surface area (TPSA) is 77.4 Å². The summed E-state index contributed by atoms with van der Waals surface area (Å²) in [4.78, 5) is 14.2. The molecule has 0 bridgehead atoms. The molecule has 1 heterocycles. The van der Waals surface area contributed by atoms with E-state index in [9.17, 15) is 10.1 Å². The highest BCUT2D eigenvalue weighted by Gasteiger charge is 2.27. The van der Waals surface area contributed by atoms with Crippen LogP contribution in [0.3, 0.4) is 0 Å². The predicted octanol–water partition coefficient (Wildman–Crippen LogP) is 3.59. The third kappa shape index (κ3) is 2.78. The molecule has 0 spiro atoms. The molecule has 0 aliphatic heterocycles. The van der Waals surface area contributed by atoms with Crippen molar-refractivity contribution in [3.63, 3.8) is 0 Å². The Morgan fingerprint density at radius 2 is 1.88 bits per heavy atom. The third-order valence-electron chi connectivity index (χ3n) is 4.14. The molecule has 1 atom stereocenters. The maximum atomic E-state index is 11.3. The molecule has 6 heteroatoms. The number of aromatic amines is 1. The molecule has 1 N–H and O–H groups in total. The van der Waals surface area contributed by atoms with Gasteiger partial charge < -0.3 is 14.5 Å². The maximum absolute atomic E-state index is 11.3. The number of methoxy groups -OCH3 is 2. The SMILES string of the molecule is COc1cccc([C@@H](C[N+](=O)[O-])c2c[nH]c3ccccc23)c1OC. The summed E-state index contributed by atoms with van der Waals surface area (Å²) in [6.07, 6.45) is 1.83. The Balaban J connectivity index is 2.20. The number of fused-ring (bicyclic) bond motifs is 1. The van der Waals surface area contributed by atoms with Crippen molar-refractivity contribution in [2.24, 2.45) is 0 Å². The molecule has 24 heavy (non-hydrogen) atoms. The number of para-hydroxylation sites is 2. The Bertz CT molecular complexity index is 872. The first-order valence-electron chi connectivity index (χ1n) is 7.54. The lowest BCUT2D eigenvalue weighted by Crippen LogP contribution is -2.15. The van der Waals surface area contributed by atoms with Crippen molar-refractivity contribution in [2.45, 2.75) is 5.92 Å². The van der Waals surface area contributed by atoms with Gasteiger partial charge in [0.15, 0.2) is 11.5 Å². The number of H-pyrrole nitrogens is 1. The molecule has 1 aromatic heterocycles. The number of aromatic nitrogens is 1. The first-order chi connectivity index (χ1) is 11.7. The van der Waals surface area contributed by atoms with Crippen LogP contribution in [0.15, 0.2) is 48.7 Å². The molecule has 0 radical (unpaired) electrons. The van der Waals surface area contributed by atoms with Gasteiger partial charge in [-0.15, -0.1) is 0 Å². The van der Waals surface area contributed by atoms with E-state index in [4.69, 9.17) is 9.47 Å². The summed E-state index contributed by atoms with van der Waals surface area (Å²) in [5, 5.41) is 12.3. The second-order valence-corrected chi connectivity index (χ2v) is 5.44. The maximum Gasteiger partial charge on any atom is 0.214 e. The Hall–Kier alpha value is -3.02. The van der Waals surface area contributed by atoms with Gasteiger partial charge in [-0.3, -0.25) is 10.1 Å². The van der Waals surface area contributed by atoms with Crippen molar-refractivity contribution in [3.8, 4) is 11.5 Å². The van der Waals surface area contributed by atoms with E-state index in [0.717, 1.165) is 22.0 Å². The van der Waals surface area contributed by atoms with Crippen LogP contribution in [0.5, 0.6) is 11.5 Å². The lowest BCUT2D eigenvalue weighted by molar-refractivity contribution is -0.481. The normalized spacial score (nSPS) is 12.1.